The zero-order valence-electron chi connectivity index (χ0n) is 9.50. The Morgan fingerprint density at radius 2 is 2.00 bits per heavy atom. The van der Waals surface area contributed by atoms with Crippen LogP contribution in [0.3, 0.4) is 0 Å². The molecule has 2 rings (SSSR count). The average Bonchev–Trinajstić information content (AvgIpc) is 2.40. The first-order valence-electron chi connectivity index (χ1n) is 5.37. The standard InChI is InChI=1S/C13H12N2O3/c16-11-5-4-9(7-12(11)17)13(18)15-8-10-3-1-2-6-14-10/h1-7,16-17H,8H2,(H,15,18). The fraction of sp³-hybridized carbons (Fsp3) is 0.0769. The number of benzene rings is 1. The summed E-state index contributed by atoms with van der Waals surface area (Å²) in [6.07, 6.45) is 1.65. The Morgan fingerprint density at radius 1 is 1.17 bits per heavy atom. The quantitative estimate of drug-likeness (QED) is 0.713. The second kappa shape index (κ2) is 5.18. The summed E-state index contributed by atoms with van der Waals surface area (Å²) in [5, 5.41) is 21.1. The molecule has 18 heavy (non-hydrogen) atoms. The van der Waals surface area contributed by atoms with Gasteiger partial charge in [0.25, 0.3) is 5.91 Å². The van der Waals surface area contributed by atoms with Gasteiger partial charge in [-0.1, -0.05) is 6.07 Å². The average molecular weight is 244 g/mol. The minimum Gasteiger partial charge on any atom is -0.504 e. The smallest absolute Gasteiger partial charge is 0.251 e. The highest BCUT2D eigenvalue weighted by Crippen LogP contribution is 2.24. The number of nitrogens with one attached hydrogen (secondary N) is 1. The first-order chi connectivity index (χ1) is 8.66. The van der Waals surface area contributed by atoms with Crippen molar-refractivity contribution in [1.82, 2.24) is 10.3 Å². The predicted octanol–water partition coefficient (Wildman–Crippen LogP) is 1.42. The van der Waals surface area contributed by atoms with Crippen LogP contribution in [0, 0.1) is 0 Å². The lowest BCUT2D eigenvalue weighted by atomic mass is 10.2. The molecule has 1 aromatic heterocycles. The SMILES string of the molecule is O=C(NCc1ccccn1)c1ccc(O)c(O)c1. The van der Waals surface area contributed by atoms with Crippen molar-refractivity contribution in [2.75, 3.05) is 0 Å². The summed E-state index contributed by atoms with van der Waals surface area (Å²) >= 11 is 0. The monoisotopic (exact) mass is 244 g/mol. The van der Waals surface area contributed by atoms with Crippen molar-refractivity contribution in [2.24, 2.45) is 0 Å². The molecule has 5 heteroatoms. The van der Waals surface area contributed by atoms with E-state index in [0.29, 0.717) is 6.54 Å². The van der Waals surface area contributed by atoms with Crippen LogP contribution in [0.15, 0.2) is 42.6 Å². The second-order valence-electron chi connectivity index (χ2n) is 3.71. The van der Waals surface area contributed by atoms with Crippen molar-refractivity contribution in [3.8, 4) is 11.5 Å². The van der Waals surface area contributed by atoms with E-state index in [2.05, 4.69) is 10.3 Å². The lowest BCUT2D eigenvalue weighted by molar-refractivity contribution is 0.0950. The summed E-state index contributed by atoms with van der Waals surface area (Å²) in [5.41, 5.74) is 1.02. The number of nitrogens with zero attached hydrogens (tertiary/aromatic N) is 1. The van der Waals surface area contributed by atoms with Crippen molar-refractivity contribution < 1.29 is 15.0 Å². The number of aromatic hydroxyl groups is 2. The third-order valence-electron chi connectivity index (χ3n) is 2.39. The van der Waals surface area contributed by atoms with Gasteiger partial charge in [-0.15, -0.1) is 0 Å². The third-order valence-corrected chi connectivity index (χ3v) is 2.39. The van der Waals surface area contributed by atoms with Crippen molar-refractivity contribution in [2.45, 2.75) is 6.54 Å². The van der Waals surface area contributed by atoms with Crippen LogP contribution < -0.4 is 5.32 Å². The number of phenols is 2. The third kappa shape index (κ3) is 2.76. The first kappa shape index (κ1) is 11.9. The molecule has 0 saturated carbocycles. The van der Waals surface area contributed by atoms with Crippen molar-refractivity contribution in [3.63, 3.8) is 0 Å². The van der Waals surface area contributed by atoms with E-state index in [1.54, 1.807) is 18.3 Å². The maximum absolute atomic E-state index is 11.7. The molecule has 1 amide bonds. The second-order valence-corrected chi connectivity index (χ2v) is 3.71. The molecular weight excluding hydrogens is 232 g/mol. The number of pyridine rings is 1. The van der Waals surface area contributed by atoms with Crippen LogP contribution in [-0.2, 0) is 6.54 Å². The molecule has 0 spiro atoms. The van der Waals surface area contributed by atoms with Gasteiger partial charge in [0, 0.05) is 11.8 Å². The minimum absolute atomic E-state index is 0.253. The molecule has 0 aliphatic carbocycles. The Morgan fingerprint density at radius 3 is 2.67 bits per heavy atom. The molecule has 0 radical (unpaired) electrons. The maximum Gasteiger partial charge on any atom is 0.251 e. The molecule has 3 N–H and O–H groups in total. The molecule has 92 valence electrons. The Labute approximate surface area is 104 Å². The van der Waals surface area contributed by atoms with Crippen LogP contribution in [0.4, 0.5) is 0 Å². The highest BCUT2D eigenvalue weighted by molar-refractivity contribution is 5.94. The van der Waals surface area contributed by atoms with Gasteiger partial charge in [0.2, 0.25) is 0 Å². The number of carbonyl (C=O) groups is 1. The van der Waals surface area contributed by atoms with Crippen LogP contribution in [-0.4, -0.2) is 21.1 Å². The first-order valence-corrected chi connectivity index (χ1v) is 5.37. The number of hydrogen-bond donors (Lipinski definition) is 3. The largest absolute Gasteiger partial charge is 0.504 e. The summed E-state index contributed by atoms with van der Waals surface area (Å²) in [4.78, 5) is 15.8. The summed E-state index contributed by atoms with van der Waals surface area (Å²) < 4.78 is 0. The molecule has 0 saturated heterocycles. The topological polar surface area (TPSA) is 82.5 Å². The molecule has 0 atom stereocenters. The molecule has 5 nitrogen and oxygen atoms in total. The number of rotatable bonds is 3. The Hall–Kier alpha value is -2.56. The van der Waals surface area contributed by atoms with Crippen LogP contribution in [0.1, 0.15) is 16.1 Å². The normalized spacial score (nSPS) is 10.0. The Bertz CT molecular complexity index is 555. The maximum atomic E-state index is 11.7. The molecule has 0 aliphatic heterocycles. The zero-order chi connectivity index (χ0) is 13.0. The van der Waals surface area contributed by atoms with E-state index in [4.69, 9.17) is 5.11 Å². The number of aromatic nitrogens is 1. The fourth-order valence-corrected chi connectivity index (χ4v) is 1.44. The van der Waals surface area contributed by atoms with Crippen LogP contribution >= 0.6 is 0 Å². The van der Waals surface area contributed by atoms with Gasteiger partial charge in [-0.2, -0.15) is 0 Å². The number of phenolic OH excluding ortho intramolecular Hbond substituents is 2. The molecule has 2 aromatic rings. The van der Waals surface area contributed by atoms with Gasteiger partial charge in [0.05, 0.1) is 12.2 Å². The van der Waals surface area contributed by atoms with E-state index >= 15 is 0 Å². The van der Waals surface area contributed by atoms with Gasteiger partial charge < -0.3 is 15.5 Å². The van der Waals surface area contributed by atoms with Crippen molar-refractivity contribution in [1.29, 1.82) is 0 Å². The van der Waals surface area contributed by atoms with Crippen LogP contribution in [0.5, 0.6) is 11.5 Å². The highest BCUT2D eigenvalue weighted by atomic mass is 16.3. The number of amides is 1. The molecule has 0 aliphatic rings. The molecule has 0 fully saturated rings. The van der Waals surface area contributed by atoms with Gasteiger partial charge >= 0.3 is 0 Å². The van der Waals surface area contributed by atoms with Gasteiger partial charge in [-0.05, 0) is 30.3 Å². The van der Waals surface area contributed by atoms with E-state index in [1.165, 1.54) is 18.2 Å². The van der Waals surface area contributed by atoms with Crippen LogP contribution in [0.2, 0.25) is 0 Å². The fourth-order valence-electron chi connectivity index (χ4n) is 1.44. The molecule has 1 heterocycles. The number of hydrogen-bond acceptors (Lipinski definition) is 4. The Kier molecular flexibility index (Phi) is 3.43. The molecule has 0 bridgehead atoms. The molecule has 1 aromatic carbocycles. The Balaban J connectivity index is 2.02. The minimum atomic E-state index is -0.337. The summed E-state index contributed by atoms with van der Waals surface area (Å²) in [6, 6.07) is 9.34. The summed E-state index contributed by atoms with van der Waals surface area (Å²) in [6.45, 7) is 0.307. The van der Waals surface area contributed by atoms with Gasteiger partial charge in [-0.3, -0.25) is 9.78 Å². The van der Waals surface area contributed by atoms with Gasteiger partial charge in [0.15, 0.2) is 11.5 Å². The van der Waals surface area contributed by atoms with Gasteiger partial charge in [-0.25, -0.2) is 0 Å². The summed E-state index contributed by atoms with van der Waals surface area (Å²) in [5.74, 6) is -0.910. The lowest BCUT2D eigenvalue weighted by Crippen LogP contribution is -2.23. The predicted molar refractivity (Wildman–Crippen MR) is 65.2 cm³/mol. The summed E-state index contributed by atoms with van der Waals surface area (Å²) in [7, 11) is 0. The highest BCUT2D eigenvalue weighted by Gasteiger charge is 2.08. The van der Waals surface area contributed by atoms with Crippen molar-refractivity contribution >= 4 is 5.91 Å². The number of carbonyl (C=O) groups excluding carboxylic acids is 1. The van der Waals surface area contributed by atoms with E-state index in [1.807, 2.05) is 6.07 Å². The van der Waals surface area contributed by atoms with Crippen LogP contribution in [0.25, 0.3) is 0 Å². The van der Waals surface area contributed by atoms with E-state index < -0.39 is 0 Å². The molecule has 0 unspecified atom stereocenters. The molecular formula is C13H12N2O3. The lowest BCUT2D eigenvalue weighted by Gasteiger charge is -2.05. The van der Waals surface area contributed by atoms with E-state index in [0.717, 1.165) is 5.69 Å². The van der Waals surface area contributed by atoms with Crippen molar-refractivity contribution in [3.05, 3.63) is 53.9 Å². The van der Waals surface area contributed by atoms with Gasteiger partial charge in [0.1, 0.15) is 0 Å². The van der Waals surface area contributed by atoms with E-state index in [-0.39, 0.29) is 23.0 Å². The zero-order valence-corrected chi connectivity index (χ0v) is 9.50. The van der Waals surface area contributed by atoms with E-state index in [9.17, 15) is 9.90 Å².